The molecule has 0 saturated heterocycles. The third-order valence-corrected chi connectivity index (χ3v) is 2.34. The molecule has 0 aliphatic rings. The molecule has 1 atom stereocenters. The molecule has 1 unspecified atom stereocenters. The highest BCUT2D eigenvalue weighted by Gasteiger charge is 2.10. The van der Waals surface area contributed by atoms with Crippen LogP contribution in [0.1, 0.15) is 17.0 Å². The number of hydrogen-bond acceptors (Lipinski definition) is 3. The molecule has 0 saturated carbocycles. The summed E-state index contributed by atoms with van der Waals surface area (Å²) in [5.74, 6) is 0. The van der Waals surface area contributed by atoms with E-state index >= 15 is 0 Å². The first-order valence-electron chi connectivity index (χ1n) is 4.35. The van der Waals surface area contributed by atoms with Gasteiger partial charge in [-0.2, -0.15) is 5.10 Å². The maximum absolute atomic E-state index is 9.23. The van der Waals surface area contributed by atoms with Crippen LogP contribution in [0.5, 0.6) is 0 Å². The van der Waals surface area contributed by atoms with E-state index in [4.69, 9.17) is 5.11 Å². The molecule has 1 rings (SSSR count). The number of aliphatic hydroxyl groups excluding tert-OH is 2. The molecule has 4 heteroatoms. The fraction of sp³-hybridized carbons (Fsp3) is 0.667. The maximum Gasteiger partial charge on any atom is 0.0966 e. The Bertz CT molecular complexity index is 294. The highest BCUT2D eigenvalue weighted by atomic mass is 16.3. The van der Waals surface area contributed by atoms with E-state index in [-0.39, 0.29) is 6.61 Å². The van der Waals surface area contributed by atoms with E-state index in [1.807, 2.05) is 20.8 Å². The van der Waals surface area contributed by atoms with Crippen molar-refractivity contribution in [3.63, 3.8) is 0 Å². The largest absolute Gasteiger partial charge is 0.394 e. The van der Waals surface area contributed by atoms with Crippen LogP contribution in [0.4, 0.5) is 0 Å². The summed E-state index contributed by atoms with van der Waals surface area (Å²) in [5.41, 5.74) is 3.16. The Morgan fingerprint density at radius 1 is 1.38 bits per heavy atom. The van der Waals surface area contributed by atoms with Gasteiger partial charge in [-0.15, -0.1) is 0 Å². The van der Waals surface area contributed by atoms with Gasteiger partial charge < -0.3 is 10.2 Å². The predicted molar refractivity (Wildman–Crippen MR) is 49.5 cm³/mol. The molecule has 1 aromatic rings. The van der Waals surface area contributed by atoms with Crippen LogP contribution >= 0.6 is 0 Å². The Balaban J connectivity index is 2.83. The summed E-state index contributed by atoms with van der Waals surface area (Å²) in [6.45, 7) is 6.03. The van der Waals surface area contributed by atoms with Crippen molar-refractivity contribution in [2.45, 2.75) is 33.4 Å². The molecule has 0 radical (unpaired) electrons. The lowest BCUT2D eigenvalue weighted by Crippen LogP contribution is -2.21. The molecule has 0 spiro atoms. The average Bonchev–Trinajstić information content (AvgIpc) is 2.34. The number of aliphatic hydroxyl groups is 2. The van der Waals surface area contributed by atoms with Crippen molar-refractivity contribution in [1.29, 1.82) is 0 Å². The minimum absolute atomic E-state index is 0.225. The molecule has 0 aliphatic carbocycles. The lowest BCUT2D eigenvalue weighted by Gasteiger charge is -2.08. The van der Waals surface area contributed by atoms with Gasteiger partial charge in [0.25, 0.3) is 0 Å². The number of hydrogen-bond donors (Lipinski definition) is 2. The maximum atomic E-state index is 9.23. The normalized spacial score (nSPS) is 13.3. The summed E-state index contributed by atoms with van der Waals surface area (Å²) < 4.78 is 1.73. The molecule has 0 bridgehead atoms. The fourth-order valence-corrected chi connectivity index (χ4v) is 1.22. The smallest absolute Gasteiger partial charge is 0.0966 e. The van der Waals surface area contributed by atoms with Crippen LogP contribution in [-0.4, -0.2) is 32.7 Å². The SMILES string of the molecule is Cc1nn(CC(O)CO)c(C)c1C. The van der Waals surface area contributed by atoms with Crippen molar-refractivity contribution >= 4 is 0 Å². The van der Waals surface area contributed by atoms with Crippen LogP contribution < -0.4 is 0 Å². The highest BCUT2D eigenvalue weighted by molar-refractivity contribution is 5.22. The van der Waals surface area contributed by atoms with E-state index in [1.54, 1.807) is 4.68 Å². The number of aryl methyl sites for hydroxylation is 1. The van der Waals surface area contributed by atoms with Gasteiger partial charge in [0.05, 0.1) is 24.9 Å². The minimum Gasteiger partial charge on any atom is -0.394 e. The molecule has 74 valence electrons. The topological polar surface area (TPSA) is 58.3 Å². The second-order valence-corrected chi connectivity index (χ2v) is 3.31. The van der Waals surface area contributed by atoms with Crippen molar-refractivity contribution in [3.8, 4) is 0 Å². The van der Waals surface area contributed by atoms with E-state index < -0.39 is 6.10 Å². The predicted octanol–water partition coefficient (Wildman–Crippen LogP) is 0.162. The van der Waals surface area contributed by atoms with Gasteiger partial charge in [-0.25, -0.2) is 0 Å². The Hall–Kier alpha value is -0.870. The van der Waals surface area contributed by atoms with Gasteiger partial charge in [-0.3, -0.25) is 4.68 Å². The van der Waals surface area contributed by atoms with Crippen molar-refractivity contribution in [1.82, 2.24) is 9.78 Å². The number of aromatic nitrogens is 2. The van der Waals surface area contributed by atoms with Gasteiger partial charge in [0.2, 0.25) is 0 Å². The number of rotatable bonds is 3. The van der Waals surface area contributed by atoms with Crippen molar-refractivity contribution in [2.75, 3.05) is 6.61 Å². The summed E-state index contributed by atoms with van der Waals surface area (Å²) in [5, 5.41) is 22.1. The van der Waals surface area contributed by atoms with Crippen LogP contribution in [0, 0.1) is 20.8 Å². The van der Waals surface area contributed by atoms with Gasteiger partial charge in [-0.05, 0) is 26.3 Å². The van der Waals surface area contributed by atoms with Crippen molar-refractivity contribution in [3.05, 3.63) is 17.0 Å². The van der Waals surface area contributed by atoms with Crippen LogP contribution in [0.15, 0.2) is 0 Å². The Kier molecular flexibility index (Phi) is 3.06. The standard InChI is InChI=1S/C9H16N2O2/c1-6-7(2)10-11(8(6)3)4-9(13)5-12/h9,12-13H,4-5H2,1-3H3. The number of nitrogens with zero attached hydrogens (tertiary/aromatic N) is 2. The van der Waals surface area contributed by atoms with Gasteiger partial charge in [-0.1, -0.05) is 0 Å². The van der Waals surface area contributed by atoms with E-state index in [0.717, 1.165) is 17.0 Å². The Labute approximate surface area is 77.8 Å². The zero-order valence-corrected chi connectivity index (χ0v) is 8.28. The van der Waals surface area contributed by atoms with Crippen LogP contribution in [-0.2, 0) is 6.54 Å². The summed E-state index contributed by atoms with van der Waals surface area (Å²) >= 11 is 0. The first kappa shape index (κ1) is 10.2. The summed E-state index contributed by atoms with van der Waals surface area (Å²) in [6.07, 6.45) is -0.725. The van der Waals surface area contributed by atoms with Gasteiger partial charge in [0, 0.05) is 5.69 Å². The minimum atomic E-state index is -0.725. The lowest BCUT2D eigenvalue weighted by molar-refractivity contribution is 0.0776. The zero-order chi connectivity index (χ0) is 10.0. The second-order valence-electron chi connectivity index (χ2n) is 3.31. The molecule has 0 fully saturated rings. The first-order valence-corrected chi connectivity index (χ1v) is 4.35. The molecule has 0 aliphatic heterocycles. The van der Waals surface area contributed by atoms with Crippen LogP contribution in [0.2, 0.25) is 0 Å². The highest BCUT2D eigenvalue weighted by Crippen LogP contribution is 2.10. The van der Waals surface area contributed by atoms with E-state index in [0.29, 0.717) is 6.54 Å². The van der Waals surface area contributed by atoms with Crippen LogP contribution in [0.3, 0.4) is 0 Å². The average molecular weight is 184 g/mol. The summed E-state index contributed by atoms with van der Waals surface area (Å²) in [6, 6.07) is 0. The van der Waals surface area contributed by atoms with Gasteiger partial charge in [0.1, 0.15) is 0 Å². The van der Waals surface area contributed by atoms with Crippen molar-refractivity contribution < 1.29 is 10.2 Å². The second kappa shape index (κ2) is 3.89. The van der Waals surface area contributed by atoms with Crippen LogP contribution in [0.25, 0.3) is 0 Å². The Morgan fingerprint density at radius 3 is 2.38 bits per heavy atom. The van der Waals surface area contributed by atoms with E-state index in [1.165, 1.54) is 0 Å². The third kappa shape index (κ3) is 2.08. The molecule has 13 heavy (non-hydrogen) atoms. The monoisotopic (exact) mass is 184 g/mol. The molecule has 2 N–H and O–H groups in total. The van der Waals surface area contributed by atoms with Gasteiger partial charge in [0.15, 0.2) is 0 Å². The van der Waals surface area contributed by atoms with Gasteiger partial charge >= 0.3 is 0 Å². The van der Waals surface area contributed by atoms with E-state index in [9.17, 15) is 5.11 Å². The zero-order valence-electron chi connectivity index (χ0n) is 8.28. The first-order chi connectivity index (χ1) is 6.06. The quantitative estimate of drug-likeness (QED) is 0.703. The molecule has 4 nitrogen and oxygen atoms in total. The molecular formula is C9H16N2O2. The molecule has 1 aromatic heterocycles. The third-order valence-electron chi connectivity index (χ3n) is 2.34. The Morgan fingerprint density at radius 2 is 2.00 bits per heavy atom. The molecule has 0 aromatic carbocycles. The fourth-order valence-electron chi connectivity index (χ4n) is 1.22. The summed E-state index contributed by atoms with van der Waals surface area (Å²) in [4.78, 5) is 0. The van der Waals surface area contributed by atoms with E-state index in [2.05, 4.69) is 5.10 Å². The molecule has 0 amide bonds. The lowest BCUT2D eigenvalue weighted by atomic mass is 10.2. The molecule has 1 heterocycles. The molecular weight excluding hydrogens is 168 g/mol. The summed E-state index contributed by atoms with van der Waals surface area (Å²) in [7, 11) is 0. The van der Waals surface area contributed by atoms with Crippen molar-refractivity contribution in [2.24, 2.45) is 0 Å².